The smallest absolute Gasteiger partial charge is 0.263 e. The normalized spacial score (nSPS) is 12.7. The van der Waals surface area contributed by atoms with Crippen molar-refractivity contribution in [1.29, 1.82) is 0 Å². The maximum atomic E-state index is 13.7. The molecule has 0 N–H and O–H groups in total. The van der Waals surface area contributed by atoms with E-state index in [1.807, 2.05) is 59.0 Å². The van der Waals surface area contributed by atoms with Crippen molar-refractivity contribution in [3.8, 4) is 28.3 Å². The Morgan fingerprint density at radius 3 is 2.05 bits per heavy atom. The van der Waals surface area contributed by atoms with Gasteiger partial charge in [0, 0.05) is 32.3 Å². The highest BCUT2D eigenvalue weighted by Gasteiger charge is 2.24. The molecule has 0 spiro atoms. The van der Waals surface area contributed by atoms with Crippen LogP contribution in [0.25, 0.3) is 76.6 Å². The number of pyridine rings is 1. The Kier molecular flexibility index (Phi) is 3.79. The Labute approximate surface area is 233 Å². The zero-order valence-corrected chi connectivity index (χ0v) is 21.8. The molecular weight excluding hydrogens is 504 g/mol. The number of nitrogens with zero attached hydrogens (tertiary/aromatic N) is 2. The average molecular weight is 525 g/mol. The van der Waals surface area contributed by atoms with Gasteiger partial charge in [0.2, 0.25) is 0 Å². The van der Waals surface area contributed by atoms with Gasteiger partial charge in [0.1, 0.15) is 0 Å². The van der Waals surface area contributed by atoms with Crippen LogP contribution < -0.4 is 10.3 Å². The summed E-state index contributed by atoms with van der Waals surface area (Å²) in [4.78, 5) is 13.7. The molecule has 0 atom stereocenters. The van der Waals surface area contributed by atoms with Gasteiger partial charge in [0.15, 0.2) is 11.5 Å². The van der Waals surface area contributed by atoms with Crippen LogP contribution in [0.4, 0.5) is 0 Å². The van der Waals surface area contributed by atoms with Crippen molar-refractivity contribution in [3.05, 3.63) is 132 Å². The van der Waals surface area contributed by atoms with Crippen LogP contribution in [-0.4, -0.2) is 8.97 Å². The molecule has 10 rings (SSSR count). The summed E-state index contributed by atoms with van der Waals surface area (Å²) < 4.78 is 10.5. The van der Waals surface area contributed by atoms with E-state index in [1.165, 1.54) is 10.8 Å². The first-order chi connectivity index (χ1) is 20.3. The molecule has 1 aliphatic heterocycles. The number of hydrogen-bond acceptors (Lipinski definition) is 2. The van der Waals surface area contributed by atoms with E-state index in [2.05, 4.69) is 71.3 Å². The Morgan fingerprint density at radius 1 is 0.463 bits per heavy atom. The highest BCUT2D eigenvalue weighted by molar-refractivity contribution is 6.22. The van der Waals surface area contributed by atoms with Crippen molar-refractivity contribution in [2.45, 2.75) is 0 Å². The average Bonchev–Trinajstić information content (AvgIpc) is 3.54. The van der Waals surface area contributed by atoms with Gasteiger partial charge in [-0.1, -0.05) is 66.7 Å². The number of para-hydroxylation sites is 4. The third kappa shape index (κ3) is 2.57. The van der Waals surface area contributed by atoms with Gasteiger partial charge in [0.25, 0.3) is 5.56 Å². The van der Waals surface area contributed by atoms with E-state index in [4.69, 9.17) is 4.74 Å². The van der Waals surface area contributed by atoms with Gasteiger partial charge >= 0.3 is 0 Å². The molecule has 3 aromatic heterocycles. The monoisotopic (exact) mass is 524 g/mol. The molecule has 0 fully saturated rings. The lowest BCUT2D eigenvalue weighted by Gasteiger charge is -2.20. The lowest BCUT2D eigenvalue weighted by molar-refractivity contribution is 0.476. The first kappa shape index (κ1) is 21.2. The SMILES string of the molecule is O=c1c2ccccc2c2cc(-c3ccc4c(c3)c3cccc5c3n4-c3ccccc3O5)cc3c4ccccc4n1c23. The summed E-state index contributed by atoms with van der Waals surface area (Å²) in [5, 5.41) is 7.36. The Morgan fingerprint density at radius 2 is 1.15 bits per heavy atom. The van der Waals surface area contributed by atoms with Crippen LogP contribution in [-0.2, 0) is 0 Å². The maximum Gasteiger partial charge on any atom is 0.263 e. The summed E-state index contributed by atoms with van der Waals surface area (Å²) in [6.45, 7) is 0. The van der Waals surface area contributed by atoms with E-state index >= 15 is 0 Å². The molecule has 0 saturated carbocycles. The van der Waals surface area contributed by atoms with Gasteiger partial charge in [-0.2, -0.15) is 0 Å². The molecular formula is C37H20N2O2. The lowest BCUT2D eigenvalue weighted by Crippen LogP contribution is -2.12. The van der Waals surface area contributed by atoms with Crippen molar-refractivity contribution in [3.63, 3.8) is 0 Å². The van der Waals surface area contributed by atoms with Crippen LogP contribution in [0.3, 0.4) is 0 Å². The van der Waals surface area contributed by atoms with Gasteiger partial charge < -0.3 is 9.30 Å². The fourth-order valence-electron chi connectivity index (χ4n) is 7.10. The Bertz CT molecular complexity index is 2640. The van der Waals surface area contributed by atoms with Crippen molar-refractivity contribution in [2.75, 3.05) is 0 Å². The van der Waals surface area contributed by atoms with Crippen molar-refractivity contribution >= 4 is 59.8 Å². The zero-order valence-electron chi connectivity index (χ0n) is 21.8. The molecule has 1 aliphatic rings. The molecule has 0 saturated heterocycles. The van der Waals surface area contributed by atoms with Gasteiger partial charge in [-0.25, -0.2) is 0 Å². The van der Waals surface area contributed by atoms with E-state index in [0.29, 0.717) is 0 Å². The van der Waals surface area contributed by atoms with Crippen LogP contribution >= 0.6 is 0 Å². The van der Waals surface area contributed by atoms with Crippen molar-refractivity contribution in [1.82, 2.24) is 8.97 Å². The fraction of sp³-hybridized carbons (Fsp3) is 0. The summed E-state index contributed by atoms with van der Waals surface area (Å²) in [7, 11) is 0. The lowest BCUT2D eigenvalue weighted by atomic mass is 9.96. The van der Waals surface area contributed by atoms with Gasteiger partial charge in [0.05, 0.1) is 27.8 Å². The molecule has 4 heteroatoms. The summed E-state index contributed by atoms with van der Waals surface area (Å²) in [5.74, 6) is 1.74. The van der Waals surface area contributed by atoms with Crippen LogP contribution in [0.1, 0.15) is 0 Å². The minimum absolute atomic E-state index is 0.0325. The third-order valence-electron chi connectivity index (χ3n) is 8.83. The van der Waals surface area contributed by atoms with Gasteiger partial charge in [-0.3, -0.25) is 9.20 Å². The number of rotatable bonds is 1. The minimum Gasteiger partial charge on any atom is -0.453 e. The predicted octanol–water partition coefficient (Wildman–Crippen LogP) is 9.07. The second-order valence-electron chi connectivity index (χ2n) is 10.9. The second-order valence-corrected chi connectivity index (χ2v) is 10.9. The topological polar surface area (TPSA) is 35.6 Å². The Balaban J connectivity index is 1.33. The molecule has 0 unspecified atom stereocenters. The first-order valence-corrected chi connectivity index (χ1v) is 13.8. The highest BCUT2D eigenvalue weighted by Crippen LogP contribution is 2.46. The van der Waals surface area contributed by atoms with Crippen molar-refractivity contribution < 1.29 is 4.74 Å². The maximum absolute atomic E-state index is 13.7. The van der Waals surface area contributed by atoms with Crippen molar-refractivity contribution in [2.24, 2.45) is 0 Å². The predicted molar refractivity (Wildman–Crippen MR) is 167 cm³/mol. The van der Waals surface area contributed by atoms with Gasteiger partial charge in [-0.05, 0) is 71.1 Å². The van der Waals surface area contributed by atoms with E-state index in [1.54, 1.807) is 0 Å². The molecule has 41 heavy (non-hydrogen) atoms. The van der Waals surface area contributed by atoms with E-state index in [-0.39, 0.29) is 5.56 Å². The molecule has 6 aromatic carbocycles. The van der Waals surface area contributed by atoms with E-state index in [9.17, 15) is 4.79 Å². The summed E-state index contributed by atoms with van der Waals surface area (Å²) in [6, 6.07) is 42.0. The van der Waals surface area contributed by atoms with Crippen LogP contribution in [0.15, 0.2) is 126 Å². The molecule has 0 aliphatic carbocycles. The Hall–Kier alpha value is -5.61. The third-order valence-corrected chi connectivity index (χ3v) is 8.83. The zero-order chi connectivity index (χ0) is 26.8. The summed E-state index contributed by atoms with van der Waals surface area (Å²) in [5.41, 5.74) is 7.54. The molecule has 9 aromatic rings. The molecule has 0 amide bonds. The van der Waals surface area contributed by atoms with Crippen LogP contribution in [0.2, 0.25) is 0 Å². The number of hydrogen-bond donors (Lipinski definition) is 0. The molecule has 0 bridgehead atoms. The quantitative estimate of drug-likeness (QED) is 0.201. The summed E-state index contributed by atoms with van der Waals surface area (Å²) >= 11 is 0. The minimum atomic E-state index is 0.0325. The standard InChI is InChI=1S/C37H20N2O2/c40-37-26-10-2-1-8-23(26)28-19-22(20-29-24-9-3-4-12-30(24)39(37)35(28)29)21-16-17-31-27(18-21)25-11-7-15-34-36(25)38(31)32-13-5-6-14-33(32)41-34/h1-20H. The number of aromatic nitrogens is 2. The van der Waals surface area contributed by atoms with Crippen LogP contribution in [0.5, 0.6) is 11.5 Å². The molecule has 190 valence electrons. The number of benzene rings is 6. The van der Waals surface area contributed by atoms with Gasteiger partial charge in [-0.15, -0.1) is 0 Å². The number of fused-ring (bicyclic) bond motifs is 10. The summed E-state index contributed by atoms with van der Waals surface area (Å²) in [6.07, 6.45) is 0. The highest BCUT2D eigenvalue weighted by atomic mass is 16.5. The second kappa shape index (κ2) is 7.32. The van der Waals surface area contributed by atoms with E-state index < -0.39 is 0 Å². The molecule has 0 radical (unpaired) electrons. The van der Waals surface area contributed by atoms with E-state index in [0.717, 1.165) is 77.3 Å². The number of ether oxygens (including phenoxy) is 1. The fourth-order valence-corrected chi connectivity index (χ4v) is 7.10. The largest absolute Gasteiger partial charge is 0.453 e. The molecule has 4 nitrogen and oxygen atoms in total. The molecule has 4 heterocycles. The van der Waals surface area contributed by atoms with Crippen LogP contribution in [0, 0.1) is 0 Å². The first-order valence-electron chi connectivity index (χ1n) is 13.8.